The molecule has 13 heavy (non-hydrogen) atoms. The molecule has 2 amide bonds. The molecule has 0 aromatic carbocycles. The van der Waals surface area contributed by atoms with Gasteiger partial charge in [0.1, 0.15) is 0 Å². The Hall–Kier alpha value is -0.990. The number of imide groups is 1. The fourth-order valence-electron chi connectivity index (χ4n) is 1.01. The second-order valence-corrected chi connectivity index (χ2v) is 4.02. The highest BCUT2D eigenvalue weighted by molar-refractivity contribution is 7.87. The molecule has 0 saturated carbocycles. The van der Waals surface area contributed by atoms with Gasteiger partial charge >= 0.3 is 0 Å². The van der Waals surface area contributed by atoms with Crippen LogP contribution in [0.4, 0.5) is 0 Å². The Kier molecular flexibility index (Phi) is 2.37. The highest BCUT2D eigenvalue weighted by Crippen LogP contribution is 2.18. The summed E-state index contributed by atoms with van der Waals surface area (Å²) in [6.45, 7) is 0. The van der Waals surface area contributed by atoms with Gasteiger partial charge in [0.15, 0.2) is 5.25 Å². The molecule has 1 unspecified atom stereocenters. The molecule has 74 valence electrons. The molecule has 1 atom stereocenters. The molecule has 0 aliphatic carbocycles. The first kappa shape index (κ1) is 10.1. The van der Waals surface area contributed by atoms with Gasteiger partial charge in [-0.2, -0.15) is 13.5 Å². The monoisotopic (exact) mass is 209 g/mol. The van der Waals surface area contributed by atoms with Crippen LogP contribution in [0.15, 0.2) is 0 Å². The molecule has 1 N–H and O–H groups in total. The lowest BCUT2D eigenvalue weighted by molar-refractivity contribution is -0.179. The van der Waals surface area contributed by atoms with Crippen LogP contribution in [0.25, 0.3) is 0 Å². The predicted octanol–water partition coefficient (Wildman–Crippen LogP) is -1.44. The van der Waals surface area contributed by atoms with Gasteiger partial charge < -0.3 is 0 Å². The number of carbonyl (C=O) groups excluding carboxylic acids is 2. The molecular weight excluding hydrogens is 202 g/mol. The fraction of sp³-hybridized carbons (Fsp3) is 0.600. The Bertz CT molecular complexity index is 346. The van der Waals surface area contributed by atoms with Gasteiger partial charge in [0.05, 0.1) is 13.5 Å². The van der Waals surface area contributed by atoms with Gasteiger partial charge in [-0.1, -0.05) is 0 Å². The number of rotatable bonds is 2. The Balaban J connectivity index is 2.99. The molecule has 1 aliphatic heterocycles. The van der Waals surface area contributed by atoms with Crippen molar-refractivity contribution in [3.63, 3.8) is 0 Å². The number of hydrogen-bond acceptors (Lipinski definition) is 5. The van der Waals surface area contributed by atoms with E-state index in [0.29, 0.717) is 5.06 Å². The lowest BCUT2D eigenvalue weighted by Gasteiger charge is -2.08. The molecule has 1 heterocycles. The van der Waals surface area contributed by atoms with E-state index in [2.05, 4.69) is 4.84 Å². The van der Waals surface area contributed by atoms with Crippen molar-refractivity contribution in [2.75, 3.05) is 7.11 Å². The van der Waals surface area contributed by atoms with E-state index in [1.807, 2.05) is 0 Å². The van der Waals surface area contributed by atoms with Crippen molar-refractivity contribution in [3.8, 4) is 0 Å². The summed E-state index contributed by atoms with van der Waals surface area (Å²) in [6, 6.07) is 0. The van der Waals surface area contributed by atoms with Gasteiger partial charge in [0, 0.05) is 0 Å². The van der Waals surface area contributed by atoms with E-state index in [1.165, 1.54) is 0 Å². The molecule has 0 aromatic rings. The highest BCUT2D eigenvalue weighted by atomic mass is 32.2. The van der Waals surface area contributed by atoms with Crippen molar-refractivity contribution < 1.29 is 27.4 Å². The zero-order valence-electron chi connectivity index (χ0n) is 6.63. The van der Waals surface area contributed by atoms with E-state index >= 15 is 0 Å². The third kappa shape index (κ3) is 1.69. The molecule has 7 nitrogen and oxygen atoms in total. The van der Waals surface area contributed by atoms with Crippen LogP contribution >= 0.6 is 0 Å². The maximum atomic E-state index is 11.0. The molecule has 0 radical (unpaired) electrons. The molecule has 1 rings (SSSR count). The minimum Gasteiger partial charge on any atom is -0.285 e. The first-order valence-corrected chi connectivity index (χ1v) is 4.75. The maximum absolute atomic E-state index is 11.0. The van der Waals surface area contributed by atoms with Crippen LogP contribution in [0.2, 0.25) is 0 Å². The second-order valence-electron chi connectivity index (χ2n) is 2.42. The summed E-state index contributed by atoms with van der Waals surface area (Å²) in [6.07, 6.45) is -0.578. The Morgan fingerprint density at radius 3 is 2.31 bits per heavy atom. The number of amides is 2. The van der Waals surface area contributed by atoms with Crippen LogP contribution in [-0.4, -0.2) is 42.2 Å². The zero-order valence-corrected chi connectivity index (χ0v) is 7.44. The minimum atomic E-state index is -4.52. The average Bonchev–Trinajstić information content (AvgIpc) is 2.25. The van der Waals surface area contributed by atoms with Crippen molar-refractivity contribution in [1.29, 1.82) is 0 Å². The number of hydroxylamine groups is 2. The van der Waals surface area contributed by atoms with Crippen LogP contribution < -0.4 is 0 Å². The second kappa shape index (κ2) is 3.05. The van der Waals surface area contributed by atoms with Crippen molar-refractivity contribution >= 4 is 21.9 Å². The van der Waals surface area contributed by atoms with E-state index in [1.54, 1.807) is 0 Å². The van der Waals surface area contributed by atoms with E-state index < -0.39 is 33.6 Å². The van der Waals surface area contributed by atoms with Crippen LogP contribution in [0.3, 0.4) is 0 Å². The third-order valence-electron chi connectivity index (χ3n) is 1.60. The molecule has 1 saturated heterocycles. The first-order valence-electron chi connectivity index (χ1n) is 3.25. The quantitative estimate of drug-likeness (QED) is 0.441. The molecule has 0 spiro atoms. The summed E-state index contributed by atoms with van der Waals surface area (Å²) < 4.78 is 29.6. The minimum absolute atomic E-state index is 0.318. The van der Waals surface area contributed by atoms with E-state index in [4.69, 9.17) is 4.55 Å². The standard InChI is InChI=1S/C5H7NO6S/c1-12-6-4(7)2-3(5(6)8)13(9,10)11/h3H,2H2,1H3,(H,9,10,11). The fourth-order valence-corrected chi connectivity index (χ4v) is 1.71. The van der Waals surface area contributed by atoms with E-state index in [-0.39, 0.29) is 0 Å². The lowest BCUT2D eigenvalue weighted by atomic mass is 10.4. The van der Waals surface area contributed by atoms with Gasteiger partial charge in [-0.3, -0.25) is 19.0 Å². The molecule has 8 heteroatoms. The van der Waals surface area contributed by atoms with Gasteiger partial charge in [-0.05, 0) is 0 Å². The summed E-state index contributed by atoms with van der Waals surface area (Å²) in [5.74, 6) is -1.84. The molecule has 0 bridgehead atoms. The van der Waals surface area contributed by atoms with Gasteiger partial charge in [0.25, 0.3) is 21.9 Å². The number of nitrogens with zero attached hydrogens (tertiary/aromatic N) is 1. The Labute approximate surface area is 74.0 Å². The molecular formula is C5H7NO6S. The topological polar surface area (TPSA) is 101 Å². The lowest BCUT2D eigenvalue weighted by Crippen LogP contribution is -2.34. The summed E-state index contributed by atoms with van der Waals surface area (Å²) in [7, 11) is -3.46. The summed E-state index contributed by atoms with van der Waals surface area (Å²) in [4.78, 5) is 26.2. The first-order chi connectivity index (χ1) is 5.88. The number of carbonyl (C=O) groups is 2. The third-order valence-corrected chi connectivity index (χ3v) is 2.69. The van der Waals surface area contributed by atoms with E-state index in [0.717, 1.165) is 7.11 Å². The predicted molar refractivity (Wildman–Crippen MR) is 38.8 cm³/mol. The van der Waals surface area contributed by atoms with Crippen LogP contribution in [-0.2, 0) is 24.5 Å². The normalized spacial score (nSPS) is 24.2. The summed E-state index contributed by atoms with van der Waals surface area (Å²) >= 11 is 0. The van der Waals surface area contributed by atoms with Crippen LogP contribution in [0, 0.1) is 0 Å². The van der Waals surface area contributed by atoms with Crippen molar-refractivity contribution in [3.05, 3.63) is 0 Å². The Morgan fingerprint density at radius 2 is 2.08 bits per heavy atom. The largest absolute Gasteiger partial charge is 0.285 e. The summed E-state index contributed by atoms with van der Waals surface area (Å²) in [5, 5.41) is -1.40. The molecule has 1 aliphatic rings. The Morgan fingerprint density at radius 1 is 1.54 bits per heavy atom. The van der Waals surface area contributed by atoms with Gasteiger partial charge in [0.2, 0.25) is 0 Å². The smallest absolute Gasteiger partial charge is 0.277 e. The van der Waals surface area contributed by atoms with Crippen molar-refractivity contribution in [1.82, 2.24) is 5.06 Å². The van der Waals surface area contributed by atoms with Crippen LogP contribution in [0.5, 0.6) is 0 Å². The average molecular weight is 209 g/mol. The van der Waals surface area contributed by atoms with Crippen LogP contribution in [0.1, 0.15) is 6.42 Å². The van der Waals surface area contributed by atoms with Crippen molar-refractivity contribution in [2.45, 2.75) is 11.7 Å². The summed E-state index contributed by atoms with van der Waals surface area (Å²) in [5.41, 5.74) is 0. The molecule has 0 aromatic heterocycles. The van der Waals surface area contributed by atoms with E-state index in [9.17, 15) is 18.0 Å². The van der Waals surface area contributed by atoms with Gasteiger partial charge in [-0.15, -0.1) is 0 Å². The highest BCUT2D eigenvalue weighted by Gasteiger charge is 2.46. The van der Waals surface area contributed by atoms with Gasteiger partial charge in [-0.25, -0.2) is 0 Å². The molecule has 1 fully saturated rings. The van der Waals surface area contributed by atoms with Crippen molar-refractivity contribution in [2.24, 2.45) is 0 Å². The SMILES string of the molecule is CON1C(=O)CC(S(=O)(=O)O)C1=O. The maximum Gasteiger partial charge on any atom is 0.277 e. The zero-order chi connectivity index (χ0) is 10.2. The number of hydrogen-bond donors (Lipinski definition) is 1.